The van der Waals surface area contributed by atoms with Crippen LogP contribution in [0.25, 0.3) is 0 Å². The molecule has 0 fully saturated rings. The van der Waals surface area contributed by atoms with E-state index in [2.05, 4.69) is 51.0 Å². The zero-order valence-electron chi connectivity index (χ0n) is 11.1. The van der Waals surface area contributed by atoms with Crippen molar-refractivity contribution in [2.24, 2.45) is 0 Å². The Morgan fingerprint density at radius 3 is 2.33 bits per heavy atom. The summed E-state index contributed by atoms with van der Waals surface area (Å²) in [5, 5.41) is 0. The molecule has 0 bridgehead atoms. The van der Waals surface area contributed by atoms with Crippen LogP contribution in [0.5, 0.6) is 0 Å². The molecule has 0 saturated heterocycles. The van der Waals surface area contributed by atoms with Crippen molar-refractivity contribution in [3.63, 3.8) is 0 Å². The van der Waals surface area contributed by atoms with Gasteiger partial charge < -0.3 is 0 Å². The molecule has 0 aliphatic carbocycles. The Morgan fingerprint density at radius 2 is 1.80 bits per heavy atom. The lowest BCUT2D eigenvalue weighted by molar-refractivity contribution is 0.674. The van der Waals surface area contributed by atoms with Gasteiger partial charge in [0.25, 0.3) is 0 Å². The molecular weight excluding hydrogens is 196 g/mol. The molecule has 1 heteroatoms. The van der Waals surface area contributed by atoms with Crippen LogP contribution in [-0.4, -0.2) is 8.07 Å². The molecule has 0 saturated carbocycles. The lowest BCUT2D eigenvalue weighted by atomic mass is 10.1. The predicted octanol–water partition coefficient (Wildman–Crippen LogP) is 4.78. The Hall–Kier alpha value is -0.483. The van der Waals surface area contributed by atoms with Gasteiger partial charge in [0.15, 0.2) is 0 Å². The number of unbranched alkanes of at least 4 members (excludes halogenated alkanes) is 4. The summed E-state index contributed by atoms with van der Waals surface area (Å²) in [4.78, 5) is 0. The molecule has 0 atom stereocenters. The molecule has 0 aromatic heterocycles. The Labute approximate surface area is 97.2 Å². The first-order chi connectivity index (χ1) is 6.95. The summed E-state index contributed by atoms with van der Waals surface area (Å²) in [6.45, 7) is 11.2. The van der Waals surface area contributed by atoms with Crippen molar-refractivity contribution < 1.29 is 0 Å². The summed E-state index contributed by atoms with van der Waals surface area (Å²) < 4.78 is 0. The summed E-state index contributed by atoms with van der Waals surface area (Å²) in [5.41, 5.74) is 4.65. The van der Waals surface area contributed by atoms with Gasteiger partial charge in [-0.3, -0.25) is 0 Å². The van der Waals surface area contributed by atoms with E-state index >= 15 is 0 Å². The topological polar surface area (TPSA) is 0 Å². The second kappa shape index (κ2) is 7.76. The van der Waals surface area contributed by atoms with E-state index in [1.165, 1.54) is 37.7 Å². The van der Waals surface area contributed by atoms with Crippen LogP contribution in [0.1, 0.15) is 46.0 Å². The van der Waals surface area contributed by atoms with Crippen molar-refractivity contribution in [1.29, 1.82) is 0 Å². The highest BCUT2D eigenvalue weighted by molar-refractivity contribution is 6.83. The minimum absolute atomic E-state index is 1.18. The van der Waals surface area contributed by atoms with Gasteiger partial charge in [-0.15, -0.1) is 5.54 Å². The summed E-state index contributed by atoms with van der Waals surface area (Å²) in [6.07, 6.45) is 8.86. The Balaban J connectivity index is 3.83. The summed E-state index contributed by atoms with van der Waals surface area (Å²) >= 11 is 0. The molecule has 0 radical (unpaired) electrons. The van der Waals surface area contributed by atoms with Crippen molar-refractivity contribution in [3.8, 4) is 11.5 Å². The van der Waals surface area contributed by atoms with Crippen molar-refractivity contribution in [1.82, 2.24) is 0 Å². The molecule has 15 heavy (non-hydrogen) atoms. The van der Waals surface area contributed by atoms with Gasteiger partial charge in [0, 0.05) is 0 Å². The van der Waals surface area contributed by atoms with Crippen LogP contribution >= 0.6 is 0 Å². The maximum Gasteiger partial charge on any atom is 0.129 e. The average molecular weight is 222 g/mol. The zero-order chi connectivity index (χ0) is 11.7. The first kappa shape index (κ1) is 14.5. The maximum absolute atomic E-state index is 3.39. The van der Waals surface area contributed by atoms with Gasteiger partial charge in [0.05, 0.1) is 0 Å². The molecule has 86 valence electrons. The highest BCUT2D eigenvalue weighted by atomic mass is 28.3. The summed E-state index contributed by atoms with van der Waals surface area (Å²) in [7, 11) is -1.18. The van der Waals surface area contributed by atoms with Crippen LogP contribution in [0, 0.1) is 11.5 Å². The monoisotopic (exact) mass is 222 g/mol. The average Bonchev–Trinajstić information content (AvgIpc) is 2.13. The third kappa shape index (κ3) is 11.4. The second-order valence-corrected chi connectivity index (χ2v) is 9.99. The SMILES string of the molecule is CCCCCC/C=C(\C)C#C[Si](C)(C)C. The normalized spacial score (nSPS) is 12.2. The van der Waals surface area contributed by atoms with Gasteiger partial charge in [-0.2, -0.15) is 0 Å². The standard InChI is InChI=1S/C14H26Si/c1-6-7-8-9-10-11-14(2)12-13-15(3,4)5/h11H,6-10H2,1-5H3/b14-11+. The van der Waals surface area contributed by atoms with Crippen molar-refractivity contribution in [3.05, 3.63) is 11.6 Å². The lowest BCUT2D eigenvalue weighted by Crippen LogP contribution is -2.16. The number of hydrogen-bond donors (Lipinski definition) is 0. The van der Waals surface area contributed by atoms with Crippen LogP contribution in [0.15, 0.2) is 11.6 Å². The van der Waals surface area contributed by atoms with Crippen LogP contribution in [0.3, 0.4) is 0 Å². The Bertz CT molecular complexity index is 245. The van der Waals surface area contributed by atoms with E-state index in [0.29, 0.717) is 0 Å². The third-order valence-electron chi connectivity index (χ3n) is 2.14. The van der Waals surface area contributed by atoms with Crippen LogP contribution < -0.4 is 0 Å². The molecule has 0 aromatic carbocycles. The lowest BCUT2D eigenvalue weighted by Gasteiger charge is -2.03. The molecule has 0 aliphatic heterocycles. The molecule has 0 nitrogen and oxygen atoms in total. The molecule has 0 rings (SSSR count). The first-order valence-corrected chi connectivity index (χ1v) is 9.65. The largest absolute Gasteiger partial charge is 0.129 e. The Kier molecular flexibility index (Phi) is 7.51. The Morgan fingerprint density at radius 1 is 1.13 bits per heavy atom. The van der Waals surface area contributed by atoms with Crippen LogP contribution in [0.2, 0.25) is 19.6 Å². The molecular formula is C14H26Si. The van der Waals surface area contributed by atoms with Gasteiger partial charge in [-0.05, 0) is 25.3 Å². The number of rotatable bonds is 5. The number of hydrogen-bond acceptors (Lipinski definition) is 0. The fourth-order valence-electron chi connectivity index (χ4n) is 1.23. The van der Waals surface area contributed by atoms with E-state index < -0.39 is 8.07 Å². The smallest absolute Gasteiger partial charge is 0.127 e. The van der Waals surface area contributed by atoms with E-state index in [-0.39, 0.29) is 0 Å². The van der Waals surface area contributed by atoms with Gasteiger partial charge in [-0.25, -0.2) is 0 Å². The van der Waals surface area contributed by atoms with Crippen molar-refractivity contribution in [2.75, 3.05) is 0 Å². The summed E-state index contributed by atoms with van der Waals surface area (Å²) in [5.74, 6) is 3.29. The minimum Gasteiger partial charge on any atom is -0.127 e. The fourth-order valence-corrected chi connectivity index (χ4v) is 1.80. The summed E-state index contributed by atoms with van der Waals surface area (Å²) in [6, 6.07) is 0. The molecule has 0 unspecified atom stereocenters. The van der Waals surface area contributed by atoms with E-state index in [0.717, 1.165) is 0 Å². The van der Waals surface area contributed by atoms with Gasteiger partial charge in [0.1, 0.15) is 8.07 Å². The predicted molar refractivity (Wildman–Crippen MR) is 73.6 cm³/mol. The molecule has 0 spiro atoms. The van der Waals surface area contributed by atoms with E-state index in [4.69, 9.17) is 0 Å². The van der Waals surface area contributed by atoms with Gasteiger partial charge >= 0.3 is 0 Å². The fraction of sp³-hybridized carbons (Fsp3) is 0.714. The van der Waals surface area contributed by atoms with E-state index in [1.807, 2.05) is 0 Å². The van der Waals surface area contributed by atoms with Crippen molar-refractivity contribution in [2.45, 2.75) is 65.6 Å². The number of allylic oxidation sites excluding steroid dienone is 2. The van der Waals surface area contributed by atoms with Crippen LogP contribution in [-0.2, 0) is 0 Å². The van der Waals surface area contributed by atoms with Crippen molar-refractivity contribution >= 4 is 8.07 Å². The maximum atomic E-state index is 3.39. The van der Waals surface area contributed by atoms with Crippen LogP contribution in [0.4, 0.5) is 0 Å². The molecule has 0 heterocycles. The second-order valence-electron chi connectivity index (χ2n) is 5.24. The van der Waals surface area contributed by atoms with Gasteiger partial charge in [0.2, 0.25) is 0 Å². The molecule has 0 aliphatic rings. The quantitative estimate of drug-likeness (QED) is 0.357. The third-order valence-corrected chi connectivity index (χ3v) is 3.02. The minimum atomic E-state index is -1.18. The van der Waals surface area contributed by atoms with E-state index in [9.17, 15) is 0 Å². The van der Waals surface area contributed by atoms with Gasteiger partial charge in [-0.1, -0.05) is 57.8 Å². The van der Waals surface area contributed by atoms with E-state index in [1.54, 1.807) is 0 Å². The molecule has 0 N–H and O–H groups in total. The molecule has 0 amide bonds. The highest BCUT2D eigenvalue weighted by Gasteiger charge is 2.06. The first-order valence-electron chi connectivity index (χ1n) is 6.15. The zero-order valence-corrected chi connectivity index (χ0v) is 12.1. The highest BCUT2D eigenvalue weighted by Crippen LogP contribution is 2.05. The molecule has 0 aromatic rings.